The summed E-state index contributed by atoms with van der Waals surface area (Å²) in [6, 6.07) is 5.91. The van der Waals surface area contributed by atoms with Crippen molar-refractivity contribution in [3.63, 3.8) is 0 Å². The largest absolute Gasteiger partial charge is 0.369 e. The zero-order valence-corrected chi connectivity index (χ0v) is 15.0. The van der Waals surface area contributed by atoms with Crippen molar-refractivity contribution < 1.29 is 4.79 Å². The molecule has 0 aliphatic carbocycles. The van der Waals surface area contributed by atoms with Crippen molar-refractivity contribution in [2.24, 2.45) is 7.05 Å². The average Bonchev–Trinajstić information content (AvgIpc) is 3.01. The zero-order chi connectivity index (χ0) is 17.8. The molecule has 0 saturated carbocycles. The van der Waals surface area contributed by atoms with Crippen LogP contribution in [0, 0.1) is 6.92 Å². The highest BCUT2D eigenvalue weighted by molar-refractivity contribution is 5.90. The lowest BCUT2D eigenvalue weighted by atomic mass is 10.1. The van der Waals surface area contributed by atoms with Crippen LogP contribution in [0.25, 0.3) is 0 Å². The lowest BCUT2D eigenvalue weighted by Gasteiger charge is -2.34. The number of amides is 2. The third-order valence-corrected chi connectivity index (χ3v) is 4.54. The van der Waals surface area contributed by atoms with Crippen LogP contribution >= 0.6 is 0 Å². The highest BCUT2D eigenvalue weighted by Gasteiger charge is 2.15. The predicted molar refractivity (Wildman–Crippen MR) is 97.8 cm³/mol. The van der Waals surface area contributed by atoms with E-state index in [1.807, 2.05) is 13.0 Å². The minimum absolute atomic E-state index is 0.251. The molecule has 0 atom stereocenters. The summed E-state index contributed by atoms with van der Waals surface area (Å²) in [7, 11) is 3.94. The summed E-state index contributed by atoms with van der Waals surface area (Å²) in [6.07, 6.45) is 1.47. The van der Waals surface area contributed by atoms with Crippen LogP contribution in [0.1, 0.15) is 11.4 Å². The normalized spacial score (nSPS) is 15.2. The minimum Gasteiger partial charge on any atom is -0.369 e. The molecule has 8 heteroatoms. The molecule has 0 radical (unpaired) electrons. The highest BCUT2D eigenvalue weighted by Crippen LogP contribution is 2.23. The Morgan fingerprint density at radius 2 is 1.96 bits per heavy atom. The van der Waals surface area contributed by atoms with Crippen molar-refractivity contribution in [1.29, 1.82) is 0 Å². The molecule has 2 heterocycles. The maximum Gasteiger partial charge on any atom is 0.319 e. The fourth-order valence-corrected chi connectivity index (χ4v) is 2.86. The average molecular weight is 343 g/mol. The van der Waals surface area contributed by atoms with E-state index in [2.05, 4.69) is 49.7 Å². The SMILES string of the molecule is Cc1cc(N2CCN(C)CC2)ccc1NC(=O)NCc1ncnn1C. The van der Waals surface area contributed by atoms with Gasteiger partial charge in [0.15, 0.2) is 0 Å². The topological polar surface area (TPSA) is 78.3 Å². The second-order valence-electron chi connectivity index (χ2n) is 6.40. The first-order valence-corrected chi connectivity index (χ1v) is 8.45. The first-order chi connectivity index (χ1) is 12.0. The van der Waals surface area contributed by atoms with E-state index < -0.39 is 0 Å². The van der Waals surface area contributed by atoms with Gasteiger partial charge < -0.3 is 20.4 Å². The van der Waals surface area contributed by atoms with Gasteiger partial charge in [-0.1, -0.05) is 0 Å². The molecule has 8 nitrogen and oxygen atoms in total. The first kappa shape index (κ1) is 17.2. The molecule has 1 fully saturated rings. The van der Waals surface area contributed by atoms with Gasteiger partial charge in [-0.3, -0.25) is 4.68 Å². The van der Waals surface area contributed by atoms with Crippen LogP contribution in [0.2, 0.25) is 0 Å². The van der Waals surface area contributed by atoms with Gasteiger partial charge in [-0.2, -0.15) is 5.10 Å². The number of piperazine rings is 1. The van der Waals surface area contributed by atoms with E-state index in [-0.39, 0.29) is 6.03 Å². The maximum absolute atomic E-state index is 12.1. The number of aryl methyl sites for hydroxylation is 2. The molecule has 134 valence electrons. The molecule has 3 rings (SSSR count). The third kappa shape index (κ3) is 4.27. The number of nitrogens with zero attached hydrogens (tertiary/aromatic N) is 5. The van der Waals surface area contributed by atoms with Crippen LogP contribution in [0.3, 0.4) is 0 Å². The number of anilines is 2. The number of carbonyl (C=O) groups is 1. The van der Waals surface area contributed by atoms with Gasteiger partial charge in [0, 0.05) is 44.6 Å². The van der Waals surface area contributed by atoms with Gasteiger partial charge in [-0.15, -0.1) is 0 Å². The fourth-order valence-electron chi connectivity index (χ4n) is 2.86. The van der Waals surface area contributed by atoms with Crippen LogP contribution in [0.5, 0.6) is 0 Å². The molecule has 1 aromatic heterocycles. The van der Waals surface area contributed by atoms with Gasteiger partial charge in [0.25, 0.3) is 0 Å². The molecule has 2 aromatic rings. The molecular formula is C17H25N7O. The Bertz CT molecular complexity index is 734. The number of benzene rings is 1. The molecule has 0 unspecified atom stereocenters. The Kier molecular flexibility index (Phi) is 5.18. The Labute approximate surface area is 147 Å². The van der Waals surface area contributed by atoms with Crippen LogP contribution in [0.15, 0.2) is 24.5 Å². The number of rotatable bonds is 4. The third-order valence-electron chi connectivity index (χ3n) is 4.54. The number of carbonyl (C=O) groups excluding carboxylic acids is 1. The number of likely N-dealkylation sites (N-methyl/N-ethyl adjacent to an activating group) is 1. The van der Waals surface area contributed by atoms with Crippen molar-refractivity contribution in [2.45, 2.75) is 13.5 Å². The molecular weight excluding hydrogens is 318 g/mol. The Balaban J connectivity index is 1.57. The maximum atomic E-state index is 12.1. The number of aromatic nitrogens is 3. The molecule has 0 bridgehead atoms. The number of urea groups is 1. The zero-order valence-electron chi connectivity index (χ0n) is 15.0. The van der Waals surface area contributed by atoms with Crippen LogP contribution in [0.4, 0.5) is 16.2 Å². The summed E-state index contributed by atoms with van der Waals surface area (Å²) in [5.41, 5.74) is 3.06. The van der Waals surface area contributed by atoms with Gasteiger partial charge in [0.05, 0.1) is 6.54 Å². The van der Waals surface area contributed by atoms with E-state index in [9.17, 15) is 4.79 Å². The summed E-state index contributed by atoms with van der Waals surface area (Å²) in [5.74, 6) is 0.706. The van der Waals surface area contributed by atoms with Crippen molar-refractivity contribution in [1.82, 2.24) is 25.0 Å². The summed E-state index contributed by atoms with van der Waals surface area (Å²) >= 11 is 0. The lowest BCUT2D eigenvalue weighted by molar-refractivity contribution is 0.251. The molecule has 1 aliphatic heterocycles. The van der Waals surface area contributed by atoms with Crippen molar-refractivity contribution in [3.05, 3.63) is 35.9 Å². The Morgan fingerprint density at radius 3 is 2.60 bits per heavy atom. The molecule has 0 spiro atoms. The number of hydrogen-bond donors (Lipinski definition) is 2. The molecule has 1 saturated heterocycles. The van der Waals surface area contributed by atoms with Gasteiger partial charge >= 0.3 is 6.03 Å². The summed E-state index contributed by atoms with van der Waals surface area (Å²) < 4.78 is 1.64. The lowest BCUT2D eigenvalue weighted by Crippen LogP contribution is -2.44. The van der Waals surface area contributed by atoms with E-state index in [1.54, 1.807) is 11.7 Å². The van der Waals surface area contributed by atoms with Gasteiger partial charge in [-0.05, 0) is 37.7 Å². The van der Waals surface area contributed by atoms with Crippen molar-refractivity contribution in [3.8, 4) is 0 Å². The molecule has 2 N–H and O–H groups in total. The minimum atomic E-state index is -0.251. The summed E-state index contributed by atoms with van der Waals surface area (Å²) in [6.45, 7) is 6.55. The summed E-state index contributed by atoms with van der Waals surface area (Å²) in [5, 5.41) is 9.67. The highest BCUT2D eigenvalue weighted by atomic mass is 16.2. The first-order valence-electron chi connectivity index (χ1n) is 8.45. The van der Waals surface area contributed by atoms with Crippen LogP contribution < -0.4 is 15.5 Å². The van der Waals surface area contributed by atoms with Crippen LogP contribution in [-0.4, -0.2) is 58.9 Å². The fraction of sp³-hybridized carbons (Fsp3) is 0.471. The van der Waals surface area contributed by atoms with E-state index >= 15 is 0 Å². The van der Waals surface area contributed by atoms with Gasteiger partial charge in [-0.25, -0.2) is 9.78 Å². The molecule has 1 aliphatic rings. The van der Waals surface area contributed by atoms with Gasteiger partial charge in [0.2, 0.25) is 0 Å². The molecule has 1 aromatic carbocycles. The second kappa shape index (κ2) is 7.52. The van der Waals surface area contributed by atoms with E-state index in [4.69, 9.17) is 0 Å². The molecule has 2 amide bonds. The van der Waals surface area contributed by atoms with Gasteiger partial charge in [0.1, 0.15) is 12.2 Å². The number of hydrogen-bond acceptors (Lipinski definition) is 5. The Morgan fingerprint density at radius 1 is 1.20 bits per heavy atom. The predicted octanol–water partition coefficient (Wildman–Crippen LogP) is 1.20. The quantitative estimate of drug-likeness (QED) is 0.872. The van der Waals surface area contributed by atoms with Crippen molar-refractivity contribution in [2.75, 3.05) is 43.4 Å². The standard InChI is InChI=1S/C17H25N7O/c1-13-10-14(24-8-6-22(2)7-9-24)4-5-15(13)21-17(25)18-11-16-19-12-20-23(16)3/h4-5,10,12H,6-9,11H2,1-3H3,(H2,18,21,25). The van der Waals surface area contributed by atoms with Crippen LogP contribution in [-0.2, 0) is 13.6 Å². The number of nitrogens with one attached hydrogen (secondary N) is 2. The van der Waals surface area contributed by atoms with E-state index in [0.717, 1.165) is 37.4 Å². The van der Waals surface area contributed by atoms with E-state index in [1.165, 1.54) is 12.0 Å². The van der Waals surface area contributed by atoms with E-state index in [0.29, 0.717) is 12.4 Å². The molecule has 25 heavy (non-hydrogen) atoms. The summed E-state index contributed by atoms with van der Waals surface area (Å²) in [4.78, 5) is 20.9. The van der Waals surface area contributed by atoms with Crippen molar-refractivity contribution >= 4 is 17.4 Å². The monoisotopic (exact) mass is 343 g/mol. The Hall–Kier alpha value is -2.61. The smallest absolute Gasteiger partial charge is 0.319 e. The second-order valence-corrected chi connectivity index (χ2v) is 6.40.